The Morgan fingerprint density at radius 1 is 1.45 bits per heavy atom. The summed E-state index contributed by atoms with van der Waals surface area (Å²) in [5.41, 5.74) is 1.76. The van der Waals surface area contributed by atoms with Crippen molar-refractivity contribution in [3.63, 3.8) is 0 Å². The number of aliphatic hydroxyl groups is 1. The zero-order valence-corrected chi connectivity index (χ0v) is 11.5. The van der Waals surface area contributed by atoms with E-state index in [4.69, 9.17) is 9.84 Å². The molecular formula is C14H17N3O3. The van der Waals surface area contributed by atoms with Crippen LogP contribution in [-0.4, -0.2) is 41.1 Å². The highest BCUT2D eigenvalue weighted by molar-refractivity contribution is 6.00. The van der Waals surface area contributed by atoms with Crippen molar-refractivity contribution in [3.8, 4) is 17.0 Å². The number of aryl methyl sites for hydroxylation is 1. The Hall–Kier alpha value is -2.34. The Bertz CT molecular complexity index is 607. The van der Waals surface area contributed by atoms with Crippen molar-refractivity contribution < 1.29 is 14.6 Å². The van der Waals surface area contributed by atoms with Crippen molar-refractivity contribution in [2.75, 3.05) is 20.3 Å². The van der Waals surface area contributed by atoms with Gasteiger partial charge in [0.25, 0.3) is 5.91 Å². The number of aromatic nitrogens is 2. The lowest BCUT2D eigenvalue weighted by Gasteiger charge is -2.08. The van der Waals surface area contributed by atoms with E-state index in [9.17, 15) is 4.79 Å². The number of ether oxygens (including phenoxy) is 1. The van der Waals surface area contributed by atoms with Gasteiger partial charge in [0, 0.05) is 25.4 Å². The molecule has 1 aromatic carbocycles. The molecule has 0 bridgehead atoms. The molecule has 2 aromatic rings. The maximum Gasteiger partial charge on any atom is 0.255 e. The van der Waals surface area contributed by atoms with E-state index in [-0.39, 0.29) is 19.1 Å². The second-order valence-electron chi connectivity index (χ2n) is 4.24. The number of nitrogens with zero attached hydrogens (tertiary/aromatic N) is 2. The predicted octanol–water partition coefficient (Wildman–Crippen LogP) is 0.818. The lowest BCUT2D eigenvalue weighted by molar-refractivity contribution is 0.0945. The quantitative estimate of drug-likeness (QED) is 0.847. The Balaban J connectivity index is 2.44. The van der Waals surface area contributed by atoms with Crippen LogP contribution >= 0.6 is 0 Å². The molecule has 6 nitrogen and oxygen atoms in total. The summed E-state index contributed by atoms with van der Waals surface area (Å²) >= 11 is 0. The van der Waals surface area contributed by atoms with Crippen LogP contribution in [0.4, 0.5) is 0 Å². The van der Waals surface area contributed by atoms with Crippen molar-refractivity contribution in [2.45, 2.75) is 0 Å². The second kappa shape index (κ2) is 6.21. The van der Waals surface area contributed by atoms with Gasteiger partial charge in [-0.1, -0.05) is 12.1 Å². The summed E-state index contributed by atoms with van der Waals surface area (Å²) in [6, 6.07) is 7.39. The Kier molecular flexibility index (Phi) is 4.37. The minimum atomic E-state index is -0.270. The first-order chi connectivity index (χ1) is 9.67. The monoisotopic (exact) mass is 275 g/mol. The van der Waals surface area contributed by atoms with E-state index >= 15 is 0 Å². The smallest absolute Gasteiger partial charge is 0.255 e. The third kappa shape index (κ3) is 2.80. The van der Waals surface area contributed by atoms with Crippen molar-refractivity contribution in [3.05, 3.63) is 36.0 Å². The minimum absolute atomic E-state index is 0.101. The van der Waals surface area contributed by atoms with Gasteiger partial charge in [0.05, 0.1) is 19.3 Å². The summed E-state index contributed by atoms with van der Waals surface area (Å²) in [6.07, 6.45) is 1.65. The maximum atomic E-state index is 12.1. The number of para-hydroxylation sites is 1. The standard InChI is InChI=1S/C14H17N3O3/c1-17-9-11(14(19)15-7-8-18)13(16-17)10-5-3-4-6-12(10)20-2/h3-6,9,18H,7-8H2,1-2H3,(H,15,19). The van der Waals surface area contributed by atoms with Gasteiger partial charge in [-0.15, -0.1) is 0 Å². The van der Waals surface area contributed by atoms with Crippen LogP contribution in [0.5, 0.6) is 5.75 Å². The maximum absolute atomic E-state index is 12.1. The fraction of sp³-hybridized carbons (Fsp3) is 0.286. The predicted molar refractivity (Wildman–Crippen MR) is 74.6 cm³/mol. The summed E-state index contributed by atoms with van der Waals surface area (Å²) in [6.45, 7) is 0.106. The van der Waals surface area contributed by atoms with Crippen LogP contribution in [0, 0.1) is 0 Å². The molecule has 106 valence electrons. The summed E-state index contributed by atoms with van der Waals surface area (Å²) < 4.78 is 6.88. The van der Waals surface area contributed by atoms with Crippen LogP contribution in [0.15, 0.2) is 30.5 Å². The summed E-state index contributed by atoms with van der Waals surface area (Å²) in [7, 11) is 3.33. The molecule has 0 spiro atoms. The average Bonchev–Trinajstić information content (AvgIpc) is 2.86. The molecule has 0 radical (unpaired) electrons. The van der Waals surface area contributed by atoms with Crippen molar-refractivity contribution in [1.29, 1.82) is 0 Å². The molecule has 0 saturated heterocycles. The molecule has 0 fully saturated rings. The molecule has 6 heteroatoms. The highest BCUT2D eigenvalue weighted by Gasteiger charge is 2.19. The van der Waals surface area contributed by atoms with Crippen molar-refractivity contribution >= 4 is 5.91 Å². The van der Waals surface area contributed by atoms with E-state index in [0.29, 0.717) is 17.0 Å². The van der Waals surface area contributed by atoms with Gasteiger partial charge in [0.1, 0.15) is 11.4 Å². The van der Waals surface area contributed by atoms with Crippen LogP contribution in [-0.2, 0) is 7.05 Å². The summed E-state index contributed by atoms with van der Waals surface area (Å²) in [5.74, 6) is 0.385. The Labute approximate surface area is 117 Å². The molecule has 2 N–H and O–H groups in total. The number of hydrogen-bond donors (Lipinski definition) is 2. The largest absolute Gasteiger partial charge is 0.496 e. The van der Waals surface area contributed by atoms with Gasteiger partial charge in [0.15, 0.2) is 0 Å². The number of carbonyl (C=O) groups is 1. The molecule has 1 heterocycles. The van der Waals surface area contributed by atoms with Crippen LogP contribution in [0.1, 0.15) is 10.4 Å². The van der Waals surface area contributed by atoms with E-state index in [1.807, 2.05) is 24.3 Å². The van der Waals surface area contributed by atoms with Gasteiger partial charge in [-0.25, -0.2) is 0 Å². The molecular weight excluding hydrogens is 258 g/mol. The van der Waals surface area contributed by atoms with E-state index < -0.39 is 0 Å². The fourth-order valence-corrected chi connectivity index (χ4v) is 1.96. The van der Waals surface area contributed by atoms with Crippen molar-refractivity contribution in [2.24, 2.45) is 7.05 Å². The number of aliphatic hydroxyl groups excluding tert-OH is 1. The van der Waals surface area contributed by atoms with Crippen LogP contribution in [0.3, 0.4) is 0 Å². The number of methoxy groups -OCH3 is 1. The molecule has 0 aliphatic rings. The van der Waals surface area contributed by atoms with E-state index in [1.54, 1.807) is 25.0 Å². The number of nitrogens with one attached hydrogen (secondary N) is 1. The molecule has 0 aliphatic heterocycles. The third-order valence-electron chi connectivity index (χ3n) is 2.83. The lowest BCUT2D eigenvalue weighted by atomic mass is 10.1. The number of carbonyl (C=O) groups excluding carboxylic acids is 1. The summed E-state index contributed by atoms with van der Waals surface area (Å²) in [4.78, 5) is 12.1. The SMILES string of the molecule is COc1ccccc1-c1nn(C)cc1C(=O)NCCO. The summed E-state index contributed by atoms with van der Waals surface area (Å²) in [5, 5.41) is 15.7. The first-order valence-corrected chi connectivity index (χ1v) is 6.23. The molecule has 0 unspecified atom stereocenters. The Morgan fingerprint density at radius 2 is 2.20 bits per heavy atom. The molecule has 1 aromatic heterocycles. The second-order valence-corrected chi connectivity index (χ2v) is 4.24. The average molecular weight is 275 g/mol. The number of benzene rings is 1. The number of rotatable bonds is 5. The third-order valence-corrected chi connectivity index (χ3v) is 2.83. The minimum Gasteiger partial charge on any atom is -0.496 e. The van der Waals surface area contributed by atoms with E-state index in [1.165, 1.54) is 0 Å². The highest BCUT2D eigenvalue weighted by atomic mass is 16.5. The van der Waals surface area contributed by atoms with Gasteiger partial charge in [-0.2, -0.15) is 5.10 Å². The zero-order chi connectivity index (χ0) is 14.5. The van der Waals surface area contributed by atoms with E-state index in [0.717, 1.165) is 5.56 Å². The van der Waals surface area contributed by atoms with Gasteiger partial charge >= 0.3 is 0 Å². The molecule has 1 amide bonds. The van der Waals surface area contributed by atoms with Gasteiger partial charge in [-0.05, 0) is 12.1 Å². The molecule has 0 aliphatic carbocycles. The molecule has 2 rings (SSSR count). The van der Waals surface area contributed by atoms with Crippen LogP contribution < -0.4 is 10.1 Å². The molecule has 0 saturated carbocycles. The Morgan fingerprint density at radius 3 is 2.90 bits per heavy atom. The van der Waals surface area contributed by atoms with Gasteiger partial charge < -0.3 is 15.2 Å². The topological polar surface area (TPSA) is 76.4 Å². The zero-order valence-electron chi connectivity index (χ0n) is 11.5. The fourth-order valence-electron chi connectivity index (χ4n) is 1.96. The van der Waals surface area contributed by atoms with Gasteiger partial charge in [-0.3, -0.25) is 9.48 Å². The van der Waals surface area contributed by atoms with Crippen LogP contribution in [0.25, 0.3) is 11.3 Å². The number of hydrogen-bond acceptors (Lipinski definition) is 4. The molecule has 20 heavy (non-hydrogen) atoms. The number of amides is 1. The highest BCUT2D eigenvalue weighted by Crippen LogP contribution is 2.30. The molecule has 0 atom stereocenters. The van der Waals surface area contributed by atoms with Gasteiger partial charge in [0.2, 0.25) is 0 Å². The van der Waals surface area contributed by atoms with E-state index in [2.05, 4.69) is 10.4 Å². The van der Waals surface area contributed by atoms with Crippen molar-refractivity contribution in [1.82, 2.24) is 15.1 Å². The first kappa shape index (κ1) is 14.1. The van der Waals surface area contributed by atoms with Crippen LogP contribution in [0.2, 0.25) is 0 Å². The lowest BCUT2D eigenvalue weighted by Crippen LogP contribution is -2.26. The normalized spacial score (nSPS) is 10.3. The first-order valence-electron chi connectivity index (χ1n) is 6.23.